The predicted octanol–water partition coefficient (Wildman–Crippen LogP) is 3.17. The van der Waals surface area contributed by atoms with Gasteiger partial charge >= 0.3 is 0 Å². The van der Waals surface area contributed by atoms with Crippen LogP contribution in [-0.2, 0) is 0 Å². The third-order valence-corrected chi connectivity index (χ3v) is 2.99. The van der Waals surface area contributed by atoms with Crippen molar-refractivity contribution in [3.05, 3.63) is 46.7 Å². The zero-order valence-electron chi connectivity index (χ0n) is 11.2. The molecule has 1 aromatic heterocycles. The molecule has 0 saturated heterocycles. The van der Waals surface area contributed by atoms with E-state index in [9.17, 15) is 0 Å². The number of hydrogen-bond donors (Lipinski definition) is 2. The number of aromatic nitrogens is 1. The van der Waals surface area contributed by atoms with Crippen molar-refractivity contribution in [2.75, 3.05) is 13.2 Å². The number of para-hydroxylation sites is 2. The van der Waals surface area contributed by atoms with Crippen molar-refractivity contribution in [2.24, 2.45) is 0 Å². The maximum absolute atomic E-state index is 9.14. The first-order valence-corrected chi connectivity index (χ1v) is 6.79. The molecule has 2 aromatic rings. The lowest BCUT2D eigenvalue weighted by molar-refractivity contribution is 0.229. The van der Waals surface area contributed by atoms with Crippen molar-refractivity contribution in [1.29, 1.82) is 5.26 Å². The van der Waals surface area contributed by atoms with Crippen LogP contribution in [-0.4, -0.2) is 23.3 Å². The molecule has 0 aliphatic heterocycles. The van der Waals surface area contributed by atoms with Crippen LogP contribution >= 0.6 is 12.2 Å². The number of benzene rings is 1. The van der Waals surface area contributed by atoms with Crippen molar-refractivity contribution in [2.45, 2.75) is 6.42 Å². The Morgan fingerprint density at radius 1 is 1.19 bits per heavy atom. The molecule has 0 saturated carbocycles. The van der Waals surface area contributed by atoms with Gasteiger partial charge in [0.2, 0.25) is 0 Å². The molecule has 2 N–H and O–H groups in total. The lowest BCUT2D eigenvalue weighted by Gasteiger charge is -2.12. The summed E-state index contributed by atoms with van der Waals surface area (Å²) < 4.78 is 11.6. The number of nitriles is 1. The fourth-order valence-electron chi connectivity index (χ4n) is 1.67. The third kappa shape index (κ3) is 3.81. The molecule has 0 aliphatic rings. The van der Waals surface area contributed by atoms with Crippen LogP contribution < -0.4 is 9.47 Å². The average molecular weight is 302 g/mol. The van der Waals surface area contributed by atoms with Gasteiger partial charge in [0.1, 0.15) is 22.0 Å². The van der Waals surface area contributed by atoms with Gasteiger partial charge in [0.25, 0.3) is 0 Å². The summed E-state index contributed by atoms with van der Waals surface area (Å²) in [5.41, 5.74) is 0.276. The molecule has 21 heavy (non-hydrogen) atoms. The Bertz CT molecular complexity index is 707. The second kappa shape index (κ2) is 7.43. The number of H-pyrrole nitrogens is 1. The minimum absolute atomic E-state index is 0.0649. The van der Waals surface area contributed by atoms with Crippen molar-refractivity contribution in [3.63, 3.8) is 0 Å². The summed E-state index contributed by atoms with van der Waals surface area (Å²) in [6, 6.07) is 10.8. The fraction of sp³-hybridized carbons (Fsp3) is 0.200. The number of aliphatic hydroxyl groups excluding tert-OH is 1. The van der Waals surface area contributed by atoms with Crippen LogP contribution in [0.1, 0.15) is 12.0 Å². The van der Waals surface area contributed by atoms with Crippen LogP contribution in [0.4, 0.5) is 0 Å². The van der Waals surface area contributed by atoms with Crippen LogP contribution in [0, 0.1) is 16.0 Å². The quantitative estimate of drug-likeness (QED) is 0.633. The van der Waals surface area contributed by atoms with Gasteiger partial charge in [-0.05, 0) is 18.2 Å². The number of rotatable bonds is 6. The second-order valence-electron chi connectivity index (χ2n) is 4.13. The molecule has 0 bridgehead atoms. The third-order valence-electron chi connectivity index (χ3n) is 2.66. The normalized spacial score (nSPS) is 9.90. The van der Waals surface area contributed by atoms with Gasteiger partial charge in [0.15, 0.2) is 11.5 Å². The van der Waals surface area contributed by atoms with E-state index in [1.165, 1.54) is 0 Å². The van der Waals surface area contributed by atoms with Gasteiger partial charge in [0.05, 0.1) is 6.61 Å². The largest absolute Gasteiger partial charge is 0.490 e. The van der Waals surface area contributed by atoms with Gasteiger partial charge in [-0.2, -0.15) is 5.26 Å². The number of nitrogens with zero attached hydrogens (tertiary/aromatic N) is 1. The van der Waals surface area contributed by atoms with Crippen molar-refractivity contribution < 1.29 is 14.6 Å². The summed E-state index contributed by atoms with van der Waals surface area (Å²) in [6.45, 7) is 0.451. The minimum Gasteiger partial charge on any atom is -0.490 e. The lowest BCUT2D eigenvalue weighted by atomic mass is 10.2. The Labute approximate surface area is 127 Å². The molecule has 0 spiro atoms. The lowest BCUT2D eigenvalue weighted by Crippen LogP contribution is -2.01. The first kappa shape index (κ1) is 15.0. The highest BCUT2D eigenvalue weighted by atomic mass is 32.1. The topological polar surface area (TPSA) is 78.3 Å². The maximum atomic E-state index is 9.14. The number of hydrogen-bond acceptors (Lipinski definition) is 5. The first-order chi connectivity index (χ1) is 10.3. The van der Waals surface area contributed by atoms with E-state index in [2.05, 4.69) is 4.98 Å². The summed E-state index contributed by atoms with van der Waals surface area (Å²) >= 11 is 5.06. The van der Waals surface area contributed by atoms with E-state index >= 15 is 0 Å². The van der Waals surface area contributed by atoms with E-state index in [0.29, 0.717) is 34.9 Å². The van der Waals surface area contributed by atoms with Gasteiger partial charge in [-0.1, -0.05) is 24.4 Å². The zero-order valence-corrected chi connectivity index (χ0v) is 12.0. The predicted molar refractivity (Wildman–Crippen MR) is 80.1 cm³/mol. The van der Waals surface area contributed by atoms with E-state index < -0.39 is 0 Å². The Kier molecular flexibility index (Phi) is 5.32. The molecule has 1 heterocycles. The monoisotopic (exact) mass is 302 g/mol. The van der Waals surface area contributed by atoms with E-state index in [0.717, 1.165) is 0 Å². The Morgan fingerprint density at radius 2 is 1.95 bits per heavy atom. The number of nitrogens with one attached hydrogen (secondary N) is 1. The smallest absolute Gasteiger partial charge is 0.169 e. The van der Waals surface area contributed by atoms with Gasteiger partial charge in [-0.15, -0.1) is 0 Å². The summed E-state index contributed by atoms with van der Waals surface area (Å²) in [5, 5.41) is 17.9. The van der Waals surface area contributed by atoms with Crippen LogP contribution in [0.2, 0.25) is 0 Å². The number of aliphatic hydroxyl groups is 1. The summed E-state index contributed by atoms with van der Waals surface area (Å²) in [7, 11) is 0. The molecular weight excluding hydrogens is 288 g/mol. The van der Waals surface area contributed by atoms with Crippen LogP contribution in [0.5, 0.6) is 17.2 Å². The Morgan fingerprint density at radius 3 is 2.67 bits per heavy atom. The maximum Gasteiger partial charge on any atom is 0.169 e. The van der Waals surface area contributed by atoms with E-state index in [1.54, 1.807) is 24.4 Å². The molecule has 1 aromatic carbocycles. The van der Waals surface area contributed by atoms with Crippen molar-refractivity contribution >= 4 is 12.2 Å². The van der Waals surface area contributed by atoms with Gasteiger partial charge < -0.3 is 19.6 Å². The standard InChI is InChI=1S/C15H14N2O3S/c16-10-11-12(6-7-17-15(11)21)20-14-5-2-1-4-13(14)19-9-3-8-18/h1-2,4-7,18H,3,8-9H2,(H,17,21). The van der Waals surface area contributed by atoms with E-state index in [1.807, 2.05) is 18.2 Å². The SMILES string of the molecule is N#Cc1c(Oc2ccccc2OCCCO)cc[nH]c1=S. The molecule has 5 nitrogen and oxygen atoms in total. The first-order valence-electron chi connectivity index (χ1n) is 6.38. The van der Waals surface area contributed by atoms with E-state index in [-0.39, 0.29) is 12.2 Å². The molecule has 6 heteroatoms. The van der Waals surface area contributed by atoms with E-state index in [4.69, 9.17) is 32.1 Å². The molecule has 0 atom stereocenters. The molecule has 0 radical (unpaired) electrons. The zero-order chi connectivity index (χ0) is 15.1. The Balaban J connectivity index is 2.26. The Hall–Kier alpha value is -2.36. The number of pyridine rings is 1. The van der Waals surface area contributed by atoms with Gasteiger partial charge in [-0.25, -0.2) is 0 Å². The molecule has 0 aliphatic carbocycles. The highest BCUT2D eigenvalue weighted by Gasteiger charge is 2.10. The van der Waals surface area contributed by atoms with Crippen molar-refractivity contribution in [1.82, 2.24) is 4.98 Å². The minimum atomic E-state index is 0.0649. The number of aromatic amines is 1. The average Bonchev–Trinajstić information content (AvgIpc) is 2.49. The fourth-order valence-corrected chi connectivity index (χ4v) is 1.88. The van der Waals surface area contributed by atoms with Crippen LogP contribution in [0.25, 0.3) is 0 Å². The highest BCUT2D eigenvalue weighted by molar-refractivity contribution is 7.71. The molecule has 2 rings (SSSR count). The molecular formula is C15H14N2O3S. The summed E-state index contributed by atoms with van der Waals surface area (Å²) in [5.74, 6) is 1.42. The number of ether oxygens (including phenoxy) is 2. The van der Waals surface area contributed by atoms with Crippen LogP contribution in [0.3, 0.4) is 0 Å². The molecule has 0 fully saturated rings. The van der Waals surface area contributed by atoms with Crippen molar-refractivity contribution in [3.8, 4) is 23.3 Å². The summed E-state index contributed by atoms with van der Waals surface area (Å²) in [6.07, 6.45) is 2.15. The second-order valence-corrected chi connectivity index (χ2v) is 4.54. The molecule has 0 unspecified atom stereocenters. The van der Waals surface area contributed by atoms with Gasteiger partial charge in [-0.3, -0.25) is 0 Å². The molecule has 0 amide bonds. The van der Waals surface area contributed by atoms with Gasteiger partial charge in [0, 0.05) is 19.2 Å². The highest BCUT2D eigenvalue weighted by Crippen LogP contribution is 2.32. The summed E-state index contributed by atoms with van der Waals surface area (Å²) in [4.78, 5) is 2.79. The van der Waals surface area contributed by atoms with Crippen LogP contribution in [0.15, 0.2) is 36.5 Å². The molecule has 108 valence electrons.